The van der Waals surface area contributed by atoms with Crippen molar-refractivity contribution < 1.29 is 10.0 Å². The first-order chi connectivity index (χ1) is 10.2. The Labute approximate surface area is 124 Å². The molecule has 0 bridgehead atoms. The van der Waals surface area contributed by atoms with Crippen molar-refractivity contribution in [3.8, 4) is 0 Å². The average molecular weight is 290 g/mol. The summed E-state index contributed by atoms with van der Waals surface area (Å²) < 4.78 is 0. The molecule has 0 atom stereocenters. The Balaban J connectivity index is 1.95. The fourth-order valence-corrected chi connectivity index (χ4v) is 2.60. The topological polar surface area (TPSA) is 101 Å². The van der Waals surface area contributed by atoms with Crippen LogP contribution in [-0.4, -0.2) is 28.0 Å². The minimum atomic E-state index is -0.161. The van der Waals surface area contributed by atoms with Crippen molar-refractivity contribution in [2.24, 2.45) is 10.9 Å². The molecule has 0 aromatic carbocycles. The summed E-state index contributed by atoms with van der Waals surface area (Å²) in [5, 5.41) is 14.5. The smallest absolute Gasteiger partial charge is 0.270 e. The molecule has 1 aliphatic carbocycles. The highest BCUT2D eigenvalue weighted by Gasteiger charge is 2.16. The summed E-state index contributed by atoms with van der Waals surface area (Å²) in [5.74, 6) is -0.180. The zero-order chi connectivity index (χ0) is 15.1. The van der Waals surface area contributed by atoms with Gasteiger partial charge in [0, 0.05) is 17.8 Å². The molecule has 114 valence electrons. The van der Waals surface area contributed by atoms with Crippen LogP contribution in [0.5, 0.6) is 0 Å². The molecule has 1 saturated carbocycles. The molecule has 6 nitrogen and oxygen atoms in total. The summed E-state index contributed by atoms with van der Waals surface area (Å²) in [5.41, 5.74) is 6.30. The number of pyridine rings is 1. The number of hydrogen-bond donors (Lipinski definition) is 3. The molecule has 1 aromatic heterocycles. The Bertz CT molecular complexity index is 491. The number of amides is 1. The van der Waals surface area contributed by atoms with E-state index in [-0.39, 0.29) is 17.8 Å². The van der Waals surface area contributed by atoms with Gasteiger partial charge in [0.2, 0.25) is 0 Å². The first-order valence-electron chi connectivity index (χ1n) is 7.45. The molecule has 0 unspecified atom stereocenters. The molecule has 21 heavy (non-hydrogen) atoms. The van der Waals surface area contributed by atoms with Crippen LogP contribution < -0.4 is 11.1 Å². The minimum absolute atomic E-state index is 0.0190. The summed E-state index contributed by atoms with van der Waals surface area (Å²) >= 11 is 0. The van der Waals surface area contributed by atoms with E-state index in [4.69, 9.17) is 10.9 Å². The van der Waals surface area contributed by atoms with Crippen LogP contribution in [0.2, 0.25) is 0 Å². The van der Waals surface area contributed by atoms with Crippen LogP contribution in [0.1, 0.15) is 61.0 Å². The normalized spacial score (nSPS) is 17.8. The van der Waals surface area contributed by atoms with Crippen molar-refractivity contribution in [2.45, 2.75) is 51.0 Å². The van der Waals surface area contributed by atoms with E-state index in [2.05, 4.69) is 15.5 Å². The first kappa shape index (κ1) is 15.3. The number of nitrogens with one attached hydrogen (secondary N) is 1. The molecule has 4 N–H and O–H groups in total. The molecule has 6 heteroatoms. The number of amidine groups is 1. The molecule has 1 heterocycles. The van der Waals surface area contributed by atoms with E-state index in [1.165, 1.54) is 38.3 Å². The Kier molecular flexibility index (Phi) is 5.54. The molecule has 0 radical (unpaired) electrons. The number of nitrogens with zero attached hydrogens (tertiary/aromatic N) is 2. The number of carbonyl (C=O) groups is 1. The van der Waals surface area contributed by atoms with E-state index in [1.807, 2.05) is 0 Å². The molecule has 1 amide bonds. The largest absolute Gasteiger partial charge is 0.409 e. The number of carbonyl (C=O) groups excluding carboxylic acids is 1. The SMILES string of the molecule is NC(=NO)c1ccc(C(=O)NC2CCCCCCC2)nc1. The van der Waals surface area contributed by atoms with Gasteiger partial charge < -0.3 is 16.3 Å². The molecule has 0 spiro atoms. The van der Waals surface area contributed by atoms with Gasteiger partial charge in [-0.1, -0.05) is 37.3 Å². The maximum absolute atomic E-state index is 12.2. The highest BCUT2D eigenvalue weighted by atomic mass is 16.4. The van der Waals surface area contributed by atoms with Crippen LogP contribution in [-0.2, 0) is 0 Å². The predicted octanol–water partition coefficient (Wildman–Crippen LogP) is 2.02. The number of oxime groups is 1. The summed E-state index contributed by atoms with van der Waals surface area (Å²) in [6.45, 7) is 0. The monoisotopic (exact) mass is 290 g/mol. The molecule has 2 rings (SSSR count). The van der Waals surface area contributed by atoms with Crippen molar-refractivity contribution in [1.82, 2.24) is 10.3 Å². The lowest BCUT2D eigenvalue weighted by Crippen LogP contribution is -2.35. The fourth-order valence-electron chi connectivity index (χ4n) is 2.60. The second-order valence-electron chi connectivity index (χ2n) is 5.43. The van der Waals surface area contributed by atoms with Crippen molar-refractivity contribution >= 4 is 11.7 Å². The zero-order valence-corrected chi connectivity index (χ0v) is 12.1. The lowest BCUT2D eigenvalue weighted by Gasteiger charge is -2.20. The van der Waals surface area contributed by atoms with Crippen LogP contribution in [0.4, 0.5) is 0 Å². The Hall–Kier alpha value is -2.11. The van der Waals surface area contributed by atoms with Crippen LogP contribution in [0.3, 0.4) is 0 Å². The van der Waals surface area contributed by atoms with Gasteiger partial charge in [0.15, 0.2) is 5.84 Å². The van der Waals surface area contributed by atoms with Gasteiger partial charge in [0.25, 0.3) is 5.91 Å². The van der Waals surface area contributed by atoms with E-state index in [0.717, 1.165) is 12.8 Å². The van der Waals surface area contributed by atoms with E-state index in [0.29, 0.717) is 11.3 Å². The van der Waals surface area contributed by atoms with Crippen molar-refractivity contribution in [2.75, 3.05) is 0 Å². The number of rotatable bonds is 3. The highest BCUT2D eigenvalue weighted by molar-refractivity contribution is 5.98. The van der Waals surface area contributed by atoms with E-state index < -0.39 is 0 Å². The molecule has 0 aliphatic heterocycles. The van der Waals surface area contributed by atoms with E-state index in [9.17, 15) is 4.79 Å². The lowest BCUT2D eigenvalue weighted by molar-refractivity contribution is 0.0925. The third-order valence-corrected chi connectivity index (χ3v) is 3.84. The maximum atomic E-state index is 12.2. The number of nitrogens with two attached hydrogens (primary N) is 1. The number of hydrogen-bond acceptors (Lipinski definition) is 4. The average Bonchev–Trinajstić information content (AvgIpc) is 2.49. The molecule has 1 aromatic rings. The lowest BCUT2D eigenvalue weighted by atomic mass is 9.96. The highest BCUT2D eigenvalue weighted by Crippen LogP contribution is 2.17. The van der Waals surface area contributed by atoms with Gasteiger partial charge in [-0.15, -0.1) is 0 Å². The Morgan fingerprint density at radius 2 is 1.90 bits per heavy atom. The van der Waals surface area contributed by atoms with E-state index >= 15 is 0 Å². The molecule has 0 saturated heterocycles. The summed E-state index contributed by atoms with van der Waals surface area (Å²) in [7, 11) is 0. The van der Waals surface area contributed by atoms with Gasteiger partial charge in [-0.2, -0.15) is 0 Å². The van der Waals surface area contributed by atoms with Gasteiger partial charge in [-0.05, 0) is 25.0 Å². The Morgan fingerprint density at radius 1 is 1.24 bits per heavy atom. The van der Waals surface area contributed by atoms with E-state index in [1.54, 1.807) is 12.1 Å². The quantitative estimate of drug-likeness (QED) is 0.343. The summed E-state index contributed by atoms with van der Waals surface area (Å²) in [6.07, 6.45) is 9.64. The fraction of sp³-hybridized carbons (Fsp3) is 0.533. The van der Waals surface area contributed by atoms with Gasteiger partial charge in [-0.3, -0.25) is 9.78 Å². The van der Waals surface area contributed by atoms with Crippen LogP contribution in [0, 0.1) is 0 Å². The van der Waals surface area contributed by atoms with Gasteiger partial charge >= 0.3 is 0 Å². The van der Waals surface area contributed by atoms with Crippen molar-refractivity contribution in [3.05, 3.63) is 29.6 Å². The summed E-state index contributed by atoms with van der Waals surface area (Å²) in [6, 6.07) is 3.45. The molecule has 1 fully saturated rings. The Morgan fingerprint density at radius 3 is 2.48 bits per heavy atom. The molecular formula is C15H22N4O2. The zero-order valence-electron chi connectivity index (χ0n) is 12.1. The third kappa shape index (κ3) is 4.44. The maximum Gasteiger partial charge on any atom is 0.270 e. The van der Waals surface area contributed by atoms with Crippen LogP contribution in [0.15, 0.2) is 23.5 Å². The van der Waals surface area contributed by atoms with Gasteiger partial charge in [-0.25, -0.2) is 0 Å². The second kappa shape index (κ2) is 7.61. The van der Waals surface area contributed by atoms with Crippen LogP contribution >= 0.6 is 0 Å². The van der Waals surface area contributed by atoms with Gasteiger partial charge in [0.1, 0.15) is 5.69 Å². The molecule has 1 aliphatic rings. The minimum Gasteiger partial charge on any atom is -0.409 e. The molecular weight excluding hydrogens is 268 g/mol. The standard InChI is InChI=1S/C15H22N4O2/c16-14(19-21)11-8-9-13(17-10-11)15(20)18-12-6-4-2-1-3-5-7-12/h8-10,12,21H,1-7H2,(H2,16,19)(H,18,20). The third-order valence-electron chi connectivity index (χ3n) is 3.84. The number of aromatic nitrogens is 1. The van der Waals surface area contributed by atoms with Gasteiger partial charge in [0.05, 0.1) is 0 Å². The first-order valence-corrected chi connectivity index (χ1v) is 7.45. The van der Waals surface area contributed by atoms with Crippen molar-refractivity contribution in [3.63, 3.8) is 0 Å². The second-order valence-corrected chi connectivity index (χ2v) is 5.43. The summed E-state index contributed by atoms with van der Waals surface area (Å²) in [4.78, 5) is 16.2. The van der Waals surface area contributed by atoms with Crippen molar-refractivity contribution in [1.29, 1.82) is 0 Å². The predicted molar refractivity (Wildman–Crippen MR) is 80.3 cm³/mol. The van der Waals surface area contributed by atoms with Crippen LogP contribution in [0.25, 0.3) is 0 Å².